The van der Waals surface area contributed by atoms with Crippen LogP contribution in [0.2, 0.25) is 0 Å². The minimum Gasteiger partial charge on any atom is -0.309 e. The van der Waals surface area contributed by atoms with Crippen molar-refractivity contribution in [3.05, 3.63) is 40.9 Å². The van der Waals surface area contributed by atoms with Gasteiger partial charge in [0.05, 0.1) is 5.69 Å². The monoisotopic (exact) mass is 286 g/mol. The summed E-state index contributed by atoms with van der Waals surface area (Å²) in [4.78, 5) is 6.32. The summed E-state index contributed by atoms with van der Waals surface area (Å²) in [5.41, 5.74) is 2.53. The Balaban J connectivity index is 1.83. The number of benzene rings is 1. The molecule has 1 heterocycles. The molecule has 0 atom stereocenters. The molecule has 1 aliphatic rings. The lowest BCUT2D eigenvalue weighted by atomic mass is 10.1. The van der Waals surface area contributed by atoms with Crippen molar-refractivity contribution in [3.8, 4) is 10.6 Å². The molecule has 1 aromatic carbocycles. The van der Waals surface area contributed by atoms with E-state index in [-0.39, 0.29) is 0 Å². The molecular formula is C17H22N2S. The van der Waals surface area contributed by atoms with E-state index < -0.39 is 0 Å². The summed E-state index contributed by atoms with van der Waals surface area (Å²) in [7, 11) is 0. The molecule has 0 radical (unpaired) electrons. The van der Waals surface area contributed by atoms with Crippen LogP contribution < -0.4 is 5.32 Å². The summed E-state index contributed by atoms with van der Waals surface area (Å²) in [5.74, 6) is 0.653. The van der Waals surface area contributed by atoms with Gasteiger partial charge in [-0.25, -0.2) is 4.98 Å². The molecule has 20 heavy (non-hydrogen) atoms. The zero-order valence-corrected chi connectivity index (χ0v) is 13.0. The molecule has 0 aliphatic heterocycles. The molecule has 0 spiro atoms. The van der Waals surface area contributed by atoms with E-state index >= 15 is 0 Å². The summed E-state index contributed by atoms with van der Waals surface area (Å²) in [6.07, 6.45) is 3.75. The van der Waals surface area contributed by atoms with Crippen LogP contribution in [0.15, 0.2) is 30.3 Å². The third kappa shape index (κ3) is 3.47. The maximum absolute atomic E-state index is 4.90. The predicted octanol–water partition coefficient (Wildman–Crippen LogP) is 4.26. The van der Waals surface area contributed by atoms with E-state index in [1.54, 1.807) is 0 Å². The number of nitrogens with zero attached hydrogens (tertiary/aromatic N) is 1. The topological polar surface area (TPSA) is 24.9 Å². The van der Waals surface area contributed by atoms with Gasteiger partial charge in [-0.05, 0) is 25.2 Å². The average molecular weight is 286 g/mol. The van der Waals surface area contributed by atoms with E-state index in [1.165, 1.54) is 29.0 Å². The Morgan fingerprint density at radius 2 is 2.00 bits per heavy atom. The maximum Gasteiger partial charge on any atom is 0.123 e. The predicted molar refractivity (Wildman–Crippen MR) is 86.0 cm³/mol. The Bertz CT molecular complexity index is 556. The summed E-state index contributed by atoms with van der Waals surface area (Å²) in [6.45, 7) is 5.51. The molecule has 1 fully saturated rings. The van der Waals surface area contributed by atoms with E-state index in [0.717, 1.165) is 24.0 Å². The first kappa shape index (κ1) is 13.8. The first-order chi connectivity index (χ1) is 9.72. The van der Waals surface area contributed by atoms with Crippen LogP contribution >= 0.6 is 11.3 Å². The highest BCUT2D eigenvalue weighted by molar-refractivity contribution is 7.15. The molecule has 0 amide bonds. The summed E-state index contributed by atoms with van der Waals surface area (Å²) in [6, 6.07) is 11.3. The maximum atomic E-state index is 4.90. The summed E-state index contributed by atoms with van der Waals surface area (Å²) < 4.78 is 0. The third-order valence-corrected chi connectivity index (χ3v) is 4.68. The molecule has 1 aliphatic carbocycles. The molecule has 0 unspecified atom stereocenters. The van der Waals surface area contributed by atoms with Crippen LogP contribution in [0.5, 0.6) is 0 Å². The van der Waals surface area contributed by atoms with Gasteiger partial charge in [-0.15, -0.1) is 11.3 Å². The van der Waals surface area contributed by atoms with Gasteiger partial charge in [-0.3, -0.25) is 0 Å². The van der Waals surface area contributed by atoms with Crippen LogP contribution in [-0.2, 0) is 13.0 Å². The summed E-state index contributed by atoms with van der Waals surface area (Å²) in [5, 5.41) is 4.78. The lowest BCUT2D eigenvalue weighted by Gasteiger charge is -2.05. The van der Waals surface area contributed by atoms with Crippen molar-refractivity contribution >= 4 is 11.3 Å². The van der Waals surface area contributed by atoms with Gasteiger partial charge in [-0.1, -0.05) is 44.2 Å². The van der Waals surface area contributed by atoms with Crippen LogP contribution in [0, 0.1) is 5.92 Å². The molecule has 0 saturated heterocycles. The van der Waals surface area contributed by atoms with Crippen LogP contribution in [0.3, 0.4) is 0 Å². The number of hydrogen-bond acceptors (Lipinski definition) is 3. The highest BCUT2D eigenvalue weighted by Crippen LogP contribution is 2.30. The van der Waals surface area contributed by atoms with Gasteiger partial charge in [0.1, 0.15) is 5.01 Å². The molecule has 3 heteroatoms. The van der Waals surface area contributed by atoms with Gasteiger partial charge in [-0.2, -0.15) is 0 Å². The molecule has 106 valence electrons. The second-order valence-corrected chi connectivity index (χ2v) is 7.09. The van der Waals surface area contributed by atoms with Gasteiger partial charge in [0.15, 0.2) is 0 Å². The molecular weight excluding hydrogens is 264 g/mol. The summed E-state index contributed by atoms with van der Waals surface area (Å²) >= 11 is 1.85. The molecule has 0 bridgehead atoms. The van der Waals surface area contributed by atoms with E-state index in [9.17, 15) is 0 Å². The highest BCUT2D eigenvalue weighted by Gasteiger charge is 2.22. The van der Waals surface area contributed by atoms with E-state index in [0.29, 0.717) is 5.92 Å². The fourth-order valence-electron chi connectivity index (χ4n) is 2.30. The standard InChI is InChI=1S/C17H22N2S/c1-12(2)10-15-16(11-18-14-8-9-14)20-17(19-15)13-6-4-3-5-7-13/h3-7,12,14,18H,8-11H2,1-2H3. The van der Waals surface area contributed by atoms with E-state index in [4.69, 9.17) is 4.98 Å². The minimum absolute atomic E-state index is 0.653. The number of rotatable bonds is 6. The van der Waals surface area contributed by atoms with Crippen molar-refractivity contribution in [2.75, 3.05) is 0 Å². The molecule has 3 rings (SSSR count). The zero-order chi connectivity index (χ0) is 13.9. The van der Waals surface area contributed by atoms with Crippen molar-refractivity contribution in [1.29, 1.82) is 0 Å². The van der Waals surface area contributed by atoms with Gasteiger partial charge < -0.3 is 5.32 Å². The van der Waals surface area contributed by atoms with Gasteiger partial charge in [0.2, 0.25) is 0 Å². The first-order valence-electron chi connectivity index (χ1n) is 7.49. The molecule has 1 saturated carbocycles. The number of nitrogens with one attached hydrogen (secondary N) is 1. The number of thiazole rings is 1. The lowest BCUT2D eigenvalue weighted by Crippen LogP contribution is -2.15. The fourth-order valence-corrected chi connectivity index (χ4v) is 3.34. The zero-order valence-electron chi connectivity index (χ0n) is 12.2. The van der Waals surface area contributed by atoms with Crippen molar-refractivity contribution in [2.24, 2.45) is 5.92 Å². The Morgan fingerprint density at radius 1 is 1.25 bits per heavy atom. The lowest BCUT2D eigenvalue weighted by molar-refractivity contribution is 0.624. The molecule has 1 aromatic heterocycles. The van der Waals surface area contributed by atoms with Crippen LogP contribution in [-0.4, -0.2) is 11.0 Å². The first-order valence-corrected chi connectivity index (χ1v) is 8.31. The van der Waals surface area contributed by atoms with Crippen molar-refractivity contribution in [2.45, 2.75) is 45.7 Å². The Morgan fingerprint density at radius 3 is 2.65 bits per heavy atom. The molecule has 1 N–H and O–H groups in total. The second-order valence-electron chi connectivity index (χ2n) is 6.01. The Labute approximate surface area is 125 Å². The average Bonchev–Trinajstić information content (AvgIpc) is 3.19. The Hall–Kier alpha value is -1.19. The smallest absolute Gasteiger partial charge is 0.123 e. The minimum atomic E-state index is 0.653. The van der Waals surface area contributed by atoms with Crippen LogP contribution in [0.1, 0.15) is 37.3 Å². The third-order valence-electron chi connectivity index (χ3n) is 3.53. The molecule has 2 nitrogen and oxygen atoms in total. The largest absolute Gasteiger partial charge is 0.309 e. The van der Waals surface area contributed by atoms with Gasteiger partial charge in [0.25, 0.3) is 0 Å². The molecule has 2 aromatic rings. The number of hydrogen-bond donors (Lipinski definition) is 1. The van der Waals surface area contributed by atoms with E-state index in [1.807, 2.05) is 11.3 Å². The van der Waals surface area contributed by atoms with Gasteiger partial charge >= 0.3 is 0 Å². The number of aromatic nitrogens is 1. The van der Waals surface area contributed by atoms with Crippen LogP contribution in [0.25, 0.3) is 10.6 Å². The van der Waals surface area contributed by atoms with Crippen molar-refractivity contribution < 1.29 is 0 Å². The fraction of sp³-hybridized carbons (Fsp3) is 0.471. The van der Waals surface area contributed by atoms with Crippen LogP contribution in [0.4, 0.5) is 0 Å². The normalized spacial score (nSPS) is 14.9. The van der Waals surface area contributed by atoms with Crippen molar-refractivity contribution in [3.63, 3.8) is 0 Å². The SMILES string of the molecule is CC(C)Cc1nc(-c2ccccc2)sc1CNC1CC1. The van der Waals surface area contributed by atoms with Gasteiger partial charge in [0, 0.05) is 23.0 Å². The second kappa shape index (κ2) is 6.06. The quantitative estimate of drug-likeness (QED) is 0.858. The van der Waals surface area contributed by atoms with Crippen molar-refractivity contribution in [1.82, 2.24) is 10.3 Å². The Kier molecular flexibility index (Phi) is 4.18. The van der Waals surface area contributed by atoms with E-state index in [2.05, 4.69) is 49.5 Å². The highest BCUT2D eigenvalue weighted by atomic mass is 32.1.